The number of benzene rings is 1. The Labute approximate surface area is 175 Å². The number of hydrogen-bond acceptors (Lipinski definition) is 7. The van der Waals surface area contributed by atoms with Gasteiger partial charge in [0.2, 0.25) is 5.91 Å². The quantitative estimate of drug-likeness (QED) is 0.749. The summed E-state index contributed by atoms with van der Waals surface area (Å²) in [6.07, 6.45) is 0.661. The summed E-state index contributed by atoms with van der Waals surface area (Å²) in [5, 5.41) is 15.8. The van der Waals surface area contributed by atoms with Gasteiger partial charge in [0.15, 0.2) is 6.29 Å². The van der Waals surface area contributed by atoms with E-state index in [0.29, 0.717) is 39.3 Å². The first-order chi connectivity index (χ1) is 14.6. The van der Waals surface area contributed by atoms with E-state index in [0.717, 1.165) is 16.5 Å². The molecule has 0 radical (unpaired) electrons. The zero-order valence-corrected chi connectivity index (χ0v) is 17.1. The van der Waals surface area contributed by atoms with Crippen molar-refractivity contribution < 1.29 is 19.4 Å². The minimum atomic E-state index is -0.617. The smallest absolute Gasteiger partial charge is 0.219 e. The van der Waals surface area contributed by atoms with Gasteiger partial charge in [-0.25, -0.2) is 0 Å². The first-order valence-electron chi connectivity index (χ1n) is 10.6. The number of rotatable bonds is 4. The van der Waals surface area contributed by atoms with Crippen LogP contribution in [0.3, 0.4) is 0 Å². The van der Waals surface area contributed by atoms with Gasteiger partial charge < -0.3 is 24.8 Å². The number of carbonyl (C=O) groups excluding carboxylic acids is 1. The molecule has 3 saturated heterocycles. The number of aliphatic hydroxyl groups is 1. The van der Waals surface area contributed by atoms with Crippen LogP contribution in [0.25, 0.3) is 10.9 Å². The van der Waals surface area contributed by atoms with Crippen molar-refractivity contribution in [3.05, 3.63) is 42.1 Å². The summed E-state index contributed by atoms with van der Waals surface area (Å²) >= 11 is 0. The fourth-order valence-corrected chi connectivity index (χ4v) is 4.83. The molecule has 30 heavy (non-hydrogen) atoms. The lowest BCUT2D eigenvalue weighted by atomic mass is 9.94. The molecular formula is C22H28N4O4. The van der Waals surface area contributed by atoms with Crippen molar-refractivity contribution in [1.82, 2.24) is 20.1 Å². The van der Waals surface area contributed by atoms with E-state index in [1.54, 1.807) is 6.92 Å². The number of hydrogen-bond donors (Lipinski definition) is 2. The number of fused-ring (bicyclic) bond motifs is 3. The summed E-state index contributed by atoms with van der Waals surface area (Å²) in [5.74, 6) is 0.0933. The molecule has 1 aromatic carbocycles. The topological polar surface area (TPSA) is 87.2 Å². The van der Waals surface area contributed by atoms with Gasteiger partial charge in [-0.1, -0.05) is 18.2 Å². The minimum Gasteiger partial charge on any atom is -0.390 e. The number of nitrogens with one attached hydrogen (secondary N) is 1. The highest BCUT2D eigenvalue weighted by Crippen LogP contribution is 2.32. The van der Waals surface area contributed by atoms with E-state index in [4.69, 9.17) is 9.47 Å². The van der Waals surface area contributed by atoms with Crippen LogP contribution in [0.2, 0.25) is 0 Å². The molecule has 4 heterocycles. The summed E-state index contributed by atoms with van der Waals surface area (Å²) in [6.45, 7) is 5.40. The van der Waals surface area contributed by atoms with Crippen molar-refractivity contribution in [2.75, 3.05) is 32.8 Å². The first-order valence-corrected chi connectivity index (χ1v) is 10.6. The van der Waals surface area contributed by atoms with Crippen molar-refractivity contribution in [2.45, 2.75) is 44.1 Å². The molecule has 3 aliphatic rings. The van der Waals surface area contributed by atoms with Gasteiger partial charge in [-0.3, -0.25) is 14.7 Å². The second-order valence-corrected chi connectivity index (χ2v) is 8.34. The molecule has 1 aromatic heterocycles. The summed E-state index contributed by atoms with van der Waals surface area (Å²) in [7, 11) is 0. The molecule has 1 amide bonds. The average Bonchev–Trinajstić information content (AvgIpc) is 3.18. The minimum absolute atomic E-state index is 0.0933. The van der Waals surface area contributed by atoms with E-state index in [9.17, 15) is 9.90 Å². The number of aliphatic hydroxyl groups excluding tert-OH is 1. The fraction of sp³-hybridized carbons (Fsp3) is 0.545. The van der Waals surface area contributed by atoms with Gasteiger partial charge in [0.05, 0.1) is 30.3 Å². The summed E-state index contributed by atoms with van der Waals surface area (Å²) < 4.78 is 12.0. The van der Waals surface area contributed by atoms with Gasteiger partial charge in [0.1, 0.15) is 6.10 Å². The molecule has 160 valence electrons. The standard InChI is InChI=1S/C22H28N4O4/c1-14(27)25-6-8-26(9-7-25)20-21(28)19(18-13-29-22(20)30-18)24-12-15-10-16-4-2-3-5-17(16)23-11-15/h2-5,10-11,18-22,24,28H,6-9,12-13H2,1H3/t18-,19-,20-,21+,22-/m1/s1. The van der Waals surface area contributed by atoms with Gasteiger partial charge in [-0.05, 0) is 17.7 Å². The maximum atomic E-state index is 11.6. The van der Waals surface area contributed by atoms with E-state index < -0.39 is 12.4 Å². The number of para-hydroxylation sites is 1. The molecule has 5 atom stereocenters. The van der Waals surface area contributed by atoms with Crippen LogP contribution in [0.1, 0.15) is 12.5 Å². The molecule has 0 aliphatic carbocycles. The first kappa shape index (κ1) is 19.8. The Morgan fingerprint density at radius 1 is 1.27 bits per heavy atom. The highest BCUT2D eigenvalue weighted by atomic mass is 16.7. The van der Waals surface area contributed by atoms with Crippen molar-refractivity contribution in [3.63, 3.8) is 0 Å². The van der Waals surface area contributed by atoms with Crippen LogP contribution >= 0.6 is 0 Å². The predicted octanol–water partition coefficient (Wildman–Crippen LogP) is 0.342. The van der Waals surface area contributed by atoms with Crippen LogP contribution in [0.4, 0.5) is 0 Å². The monoisotopic (exact) mass is 412 g/mol. The number of piperazine rings is 1. The molecule has 0 spiro atoms. The molecule has 2 bridgehead atoms. The molecular weight excluding hydrogens is 384 g/mol. The average molecular weight is 412 g/mol. The Morgan fingerprint density at radius 3 is 2.87 bits per heavy atom. The third-order valence-electron chi connectivity index (χ3n) is 6.50. The number of pyridine rings is 1. The van der Waals surface area contributed by atoms with Gasteiger partial charge in [-0.2, -0.15) is 0 Å². The molecule has 0 unspecified atom stereocenters. The van der Waals surface area contributed by atoms with Crippen molar-refractivity contribution in [2.24, 2.45) is 0 Å². The lowest BCUT2D eigenvalue weighted by molar-refractivity contribution is -0.186. The SMILES string of the molecule is CC(=O)N1CCN([C@H]2[C@@H]3OC[C@@H](O3)[C@@H](NCc3cnc4ccccc4c3)[C@@H]2O)CC1. The third-order valence-corrected chi connectivity index (χ3v) is 6.50. The van der Waals surface area contributed by atoms with E-state index in [1.165, 1.54) is 0 Å². The Bertz CT molecular complexity index is 917. The molecule has 5 rings (SSSR count). The third kappa shape index (κ3) is 3.70. The Morgan fingerprint density at radius 2 is 2.07 bits per heavy atom. The molecule has 0 saturated carbocycles. The summed E-state index contributed by atoms with van der Waals surface area (Å²) in [5.41, 5.74) is 2.03. The Balaban J connectivity index is 1.27. The second kappa shape index (κ2) is 8.20. The van der Waals surface area contributed by atoms with Crippen LogP contribution in [0.5, 0.6) is 0 Å². The second-order valence-electron chi connectivity index (χ2n) is 8.34. The van der Waals surface area contributed by atoms with Gasteiger partial charge in [0.25, 0.3) is 0 Å². The highest BCUT2D eigenvalue weighted by molar-refractivity contribution is 5.78. The van der Waals surface area contributed by atoms with Crippen LogP contribution < -0.4 is 5.32 Å². The predicted molar refractivity (Wildman–Crippen MR) is 111 cm³/mol. The maximum Gasteiger partial charge on any atom is 0.219 e. The molecule has 3 fully saturated rings. The van der Waals surface area contributed by atoms with E-state index in [2.05, 4.69) is 27.3 Å². The number of amides is 1. The van der Waals surface area contributed by atoms with Crippen molar-refractivity contribution in [3.8, 4) is 0 Å². The lowest BCUT2D eigenvalue weighted by Crippen LogP contribution is -2.66. The van der Waals surface area contributed by atoms with Crippen LogP contribution in [-0.4, -0.2) is 89.2 Å². The van der Waals surface area contributed by atoms with E-state index >= 15 is 0 Å². The lowest BCUT2D eigenvalue weighted by Gasteiger charge is -2.46. The highest BCUT2D eigenvalue weighted by Gasteiger charge is 2.52. The Hall–Kier alpha value is -2.10. The Kier molecular flexibility index (Phi) is 5.43. The summed E-state index contributed by atoms with van der Waals surface area (Å²) in [4.78, 5) is 20.2. The zero-order valence-electron chi connectivity index (χ0n) is 17.1. The fourth-order valence-electron chi connectivity index (χ4n) is 4.83. The zero-order chi connectivity index (χ0) is 20.7. The van der Waals surface area contributed by atoms with Crippen LogP contribution in [-0.2, 0) is 20.8 Å². The largest absolute Gasteiger partial charge is 0.390 e. The van der Waals surface area contributed by atoms with Crippen LogP contribution in [0.15, 0.2) is 36.5 Å². The van der Waals surface area contributed by atoms with Crippen molar-refractivity contribution >= 4 is 16.8 Å². The van der Waals surface area contributed by atoms with E-state index in [1.807, 2.05) is 29.3 Å². The normalized spacial score (nSPS) is 31.9. The number of aromatic nitrogens is 1. The van der Waals surface area contributed by atoms with Gasteiger partial charge in [0, 0.05) is 51.2 Å². The molecule has 3 aliphatic heterocycles. The molecule has 2 aromatic rings. The number of carbonyl (C=O) groups is 1. The number of ether oxygens (including phenoxy) is 2. The van der Waals surface area contributed by atoms with Gasteiger partial charge >= 0.3 is 0 Å². The molecule has 8 nitrogen and oxygen atoms in total. The molecule has 2 N–H and O–H groups in total. The number of nitrogens with zero attached hydrogens (tertiary/aromatic N) is 3. The molecule has 8 heteroatoms. The maximum absolute atomic E-state index is 11.6. The van der Waals surface area contributed by atoms with Crippen molar-refractivity contribution in [1.29, 1.82) is 0 Å². The van der Waals surface area contributed by atoms with Gasteiger partial charge in [-0.15, -0.1) is 0 Å². The summed E-state index contributed by atoms with van der Waals surface area (Å²) in [6, 6.07) is 9.69. The van der Waals surface area contributed by atoms with E-state index in [-0.39, 0.29) is 24.1 Å². The van der Waals surface area contributed by atoms with Crippen LogP contribution in [0, 0.1) is 0 Å².